The van der Waals surface area contributed by atoms with Crippen LogP contribution in [0.4, 0.5) is 4.39 Å². The zero-order valence-corrected chi connectivity index (χ0v) is 10.4. The van der Waals surface area contributed by atoms with Crippen molar-refractivity contribution in [3.8, 4) is 5.75 Å². The van der Waals surface area contributed by atoms with E-state index in [1.165, 1.54) is 12.1 Å². The molecule has 0 bridgehead atoms. The minimum absolute atomic E-state index is 0.00652. The summed E-state index contributed by atoms with van der Waals surface area (Å²) in [5.74, 6) is 0.0550. The first kappa shape index (κ1) is 13.5. The minimum atomic E-state index is -0.363. The summed E-state index contributed by atoms with van der Waals surface area (Å²) in [6.07, 6.45) is 1.90. The molecule has 3 nitrogen and oxygen atoms in total. The molecule has 17 heavy (non-hydrogen) atoms. The lowest BCUT2D eigenvalue weighted by atomic mass is 10.1. The van der Waals surface area contributed by atoms with Crippen molar-refractivity contribution in [1.29, 1.82) is 0 Å². The van der Waals surface area contributed by atoms with Gasteiger partial charge in [0, 0.05) is 11.6 Å². The zero-order valence-electron chi connectivity index (χ0n) is 10.4. The molecule has 0 spiro atoms. The fourth-order valence-electron chi connectivity index (χ4n) is 1.63. The number of halogens is 1. The number of hydrogen-bond acceptors (Lipinski definition) is 3. The molecule has 1 rings (SSSR count). The molecule has 0 radical (unpaired) electrons. The number of rotatable bonds is 5. The van der Waals surface area contributed by atoms with Crippen molar-refractivity contribution in [1.82, 2.24) is 0 Å². The van der Waals surface area contributed by atoms with Crippen molar-refractivity contribution >= 4 is 5.71 Å². The number of benzene rings is 1. The molecule has 0 saturated carbocycles. The third-order valence-electron chi connectivity index (χ3n) is 2.51. The van der Waals surface area contributed by atoms with Crippen LogP contribution in [0.2, 0.25) is 0 Å². The second-order valence-corrected chi connectivity index (χ2v) is 4.04. The van der Waals surface area contributed by atoms with Crippen molar-refractivity contribution in [3.63, 3.8) is 0 Å². The first-order valence-corrected chi connectivity index (χ1v) is 5.73. The Morgan fingerprint density at radius 2 is 2.24 bits per heavy atom. The quantitative estimate of drug-likeness (QED) is 0.484. The maximum atomic E-state index is 13.2. The molecule has 0 aliphatic carbocycles. The van der Waals surface area contributed by atoms with Gasteiger partial charge in [0.25, 0.3) is 0 Å². The number of oxime groups is 1. The molecule has 1 N–H and O–H groups in total. The summed E-state index contributed by atoms with van der Waals surface area (Å²) in [7, 11) is 0. The lowest BCUT2D eigenvalue weighted by molar-refractivity contribution is 0.208. The summed E-state index contributed by atoms with van der Waals surface area (Å²) in [5, 5.41) is 11.9. The Bertz CT molecular complexity index is 404. The molecule has 94 valence electrons. The Morgan fingerprint density at radius 1 is 1.53 bits per heavy atom. The Labute approximate surface area is 101 Å². The molecule has 1 unspecified atom stereocenters. The van der Waals surface area contributed by atoms with Gasteiger partial charge >= 0.3 is 0 Å². The van der Waals surface area contributed by atoms with Crippen LogP contribution in [0.3, 0.4) is 0 Å². The van der Waals surface area contributed by atoms with Gasteiger partial charge in [-0.3, -0.25) is 0 Å². The van der Waals surface area contributed by atoms with E-state index in [0.29, 0.717) is 17.0 Å². The highest BCUT2D eigenvalue weighted by atomic mass is 19.1. The van der Waals surface area contributed by atoms with Gasteiger partial charge in [-0.25, -0.2) is 4.39 Å². The molecule has 0 aliphatic rings. The van der Waals surface area contributed by atoms with E-state index in [-0.39, 0.29) is 11.9 Å². The van der Waals surface area contributed by atoms with Gasteiger partial charge in [-0.05, 0) is 32.4 Å². The van der Waals surface area contributed by atoms with Gasteiger partial charge in [0.05, 0.1) is 11.8 Å². The molecule has 0 aromatic heterocycles. The van der Waals surface area contributed by atoms with E-state index in [9.17, 15) is 4.39 Å². The Hall–Kier alpha value is -1.58. The molecule has 0 saturated heterocycles. The predicted molar refractivity (Wildman–Crippen MR) is 65.4 cm³/mol. The molecular formula is C13H18FNO2. The average molecular weight is 239 g/mol. The Kier molecular flexibility index (Phi) is 4.94. The van der Waals surface area contributed by atoms with Gasteiger partial charge in [0.2, 0.25) is 0 Å². The number of ether oxygens (including phenoxy) is 1. The maximum absolute atomic E-state index is 13.2. The van der Waals surface area contributed by atoms with Crippen LogP contribution in [-0.2, 0) is 0 Å². The van der Waals surface area contributed by atoms with Crippen LogP contribution >= 0.6 is 0 Å². The third-order valence-corrected chi connectivity index (χ3v) is 2.51. The number of hydrogen-bond donors (Lipinski definition) is 1. The van der Waals surface area contributed by atoms with Crippen LogP contribution < -0.4 is 4.74 Å². The SMILES string of the molecule is CCCC(C)Oc1cc(F)ccc1/C(C)=N/O. The Balaban J connectivity index is 2.99. The summed E-state index contributed by atoms with van der Waals surface area (Å²) >= 11 is 0. The highest BCUT2D eigenvalue weighted by molar-refractivity contribution is 6.00. The van der Waals surface area contributed by atoms with E-state index in [1.807, 2.05) is 6.92 Å². The van der Waals surface area contributed by atoms with Crippen LogP contribution in [-0.4, -0.2) is 17.0 Å². The summed E-state index contributed by atoms with van der Waals surface area (Å²) < 4.78 is 18.8. The molecule has 0 aliphatic heterocycles. The van der Waals surface area contributed by atoms with Gasteiger partial charge in [-0.2, -0.15) is 0 Å². The second-order valence-electron chi connectivity index (χ2n) is 4.04. The van der Waals surface area contributed by atoms with Crippen molar-refractivity contribution in [2.24, 2.45) is 5.16 Å². The first-order valence-electron chi connectivity index (χ1n) is 5.73. The molecule has 0 heterocycles. The van der Waals surface area contributed by atoms with Gasteiger partial charge in [0.1, 0.15) is 11.6 Å². The lowest BCUT2D eigenvalue weighted by Gasteiger charge is -2.16. The predicted octanol–water partition coefficient (Wildman–Crippen LogP) is 3.59. The topological polar surface area (TPSA) is 41.8 Å². The van der Waals surface area contributed by atoms with Gasteiger partial charge < -0.3 is 9.94 Å². The van der Waals surface area contributed by atoms with E-state index >= 15 is 0 Å². The molecule has 4 heteroatoms. The molecule has 1 atom stereocenters. The van der Waals surface area contributed by atoms with Crippen LogP contribution in [0.15, 0.2) is 23.4 Å². The van der Waals surface area contributed by atoms with Gasteiger partial charge in [0.15, 0.2) is 0 Å². The average Bonchev–Trinajstić information content (AvgIpc) is 2.28. The third kappa shape index (κ3) is 3.73. The maximum Gasteiger partial charge on any atom is 0.131 e. The van der Waals surface area contributed by atoms with Crippen LogP contribution in [0.25, 0.3) is 0 Å². The highest BCUT2D eigenvalue weighted by Gasteiger charge is 2.11. The summed E-state index contributed by atoms with van der Waals surface area (Å²) in [5.41, 5.74) is 1.01. The van der Waals surface area contributed by atoms with E-state index in [2.05, 4.69) is 12.1 Å². The van der Waals surface area contributed by atoms with Crippen molar-refractivity contribution in [2.75, 3.05) is 0 Å². The fraction of sp³-hybridized carbons (Fsp3) is 0.462. The van der Waals surface area contributed by atoms with Crippen LogP contribution in [0.1, 0.15) is 39.2 Å². The van der Waals surface area contributed by atoms with Crippen LogP contribution in [0, 0.1) is 5.82 Å². The summed E-state index contributed by atoms with van der Waals surface area (Å²) in [6.45, 7) is 5.64. The van der Waals surface area contributed by atoms with Crippen LogP contribution in [0.5, 0.6) is 5.75 Å². The van der Waals surface area contributed by atoms with Crippen molar-refractivity contribution in [2.45, 2.75) is 39.7 Å². The van der Waals surface area contributed by atoms with E-state index in [1.54, 1.807) is 13.0 Å². The monoisotopic (exact) mass is 239 g/mol. The standard InChI is InChI=1S/C13H18FNO2/c1-4-5-9(2)17-13-8-11(14)6-7-12(13)10(3)15-16/h6-9,16H,4-5H2,1-3H3/b15-10+. The minimum Gasteiger partial charge on any atom is -0.490 e. The van der Waals surface area contributed by atoms with Gasteiger partial charge in [-0.15, -0.1) is 0 Å². The van der Waals surface area contributed by atoms with Crippen molar-refractivity contribution < 1.29 is 14.3 Å². The molecule has 1 aromatic carbocycles. The first-order chi connectivity index (χ1) is 8.08. The van der Waals surface area contributed by atoms with E-state index in [4.69, 9.17) is 9.94 Å². The zero-order chi connectivity index (χ0) is 12.8. The Morgan fingerprint density at radius 3 is 2.82 bits per heavy atom. The number of nitrogens with zero attached hydrogens (tertiary/aromatic N) is 1. The molecule has 1 aromatic rings. The molecule has 0 amide bonds. The smallest absolute Gasteiger partial charge is 0.131 e. The summed E-state index contributed by atoms with van der Waals surface area (Å²) in [4.78, 5) is 0. The largest absolute Gasteiger partial charge is 0.490 e. The van der Waals surface area contributed by atoms with E-state index in [0.717, 1.165) is 12.8 Å². The fourth-order valence-corrected chi connectivity index (χ4v) is 1.63. The molecule has 0 fully saturated rings. The highest BCUT2D eigenvalue weighted by Crippen LogP contribution is 2.23. The summed E-state index contributed by atoms with van der Waals surface area (Å²) in [6, 6.07) is 4.19. The van der Waals surface area contributed by atoms with E-state index < -0.39 is 0 Å². The van der Waals surface area contributed by atoms with Gasteiger partial charge in [-0.1, -0.05) is 18.5 Å². The second kappa shape index (κ2) is 6.23. The molecular weight excluding hydrogens is 221 g/mol. The van der Waals surface area contributed by atoms with Crippen molar-refractivity contribution in [3.05, 3.63) is 29.6 Å². The normalized spacial score (nSPS) is 13.5. The lowest BCUT2D eigenvalue weighted by Crippen LogP contribution is -2.13.